The van der Waals surface area contributed by atoms with Gasteiger partial charge in [0.05, 0.1) is 22.3 Å². The summed E-state index contributed by atoms with van der Waals surface area (Å²) in [5.74, 6) is -0.268. The van der Waals surface area contributed by atoms with Gasteiger partial charge in [-0.2, -0.15) is 5.10 Å². The average Bonchev–Trinajstić information content (AvgIpc) is 3.10. The topological polar surface area (TPSA) is 127 Å². The summed E-state index contributed by atoms with van der Waals surface area (Å²) in [4.78, 5) is 13.2. The van der Waals surface area contributed by atoms with Crippen molar-refractivity contribution in [3.05, 3.63) is 72.0 Å². The fourth-order valence-corrected chi connectivity index (χ4v) is 3.40. The summed E-state index contributed by atoms with van der Waals surface area (Å²) in [6.07, 6.45) is 0. The van der Waals surface area contributed by atoms with Crippen LogP contribution in [0.15, 0.2) is 60.7 Å². The summed E-state index contributed by atoms with van der Waals surface area (Å²) in [5, 5.41) is 7.56. The van der Waals surface area contributed by atoms with Crippen LogP contribution in [0.2, 0.25) is 0 Å². The summed E-state index contributed by atoms with van der Waals surface area (Å²) >= 11 is 0. The largest absolute Gasteiger partial charge is 0.382 e. The first-order valence-electron chi connectivity index (χ1n) is 8.90. The first-order chi connectivity index (χ1) is 14.0. The number of primary amides is 1. The zero-order chi connectivity index (χ0) is 20.5. The van der Waals surface area contributed by atoms with Crippen LogP contribution in [0.3, 0.4) is 0 Å². The predicted octanol–water partition coefficient (Wildman–Crippen LogP) is 3.63. The number of H-pyrrole nitrogens is 1. The molecular weight excluding hydrogens is 371 g/mol. The van der Waals surface area contributed by atoms with Crippen LogP contribution >= 0.6 is 0 Å². The van der Waals surface area contributed by atoms with Crippen molar-refractivity contribution in [1.29, 1.82) is 0 Å². The van der Waals surface area contributed by atoms with E-state index in [2.05, 4.69) is 10.2 Å². The van der Waals surface area contributed by atoms with Gasteiger partial charge in [-0.1, -0.05) is 30.3 Å². The van der Waals surface area contributed by atoms with Crippen LogP contribution in [0.4, 0.5) is 26.4 Å². The van der Waals surface area contributed by atoms with Crippen molar-refractivity contribution in [2.24, 2.45) is 11.5 Å². The van der Waals surface area contributed by atoms with Gasteiger partial charge in [0, 0.05) is 6.54 Å². The number of hydrogen-bond donors (Lipinski definition) is 4. The monoisotopic (exact) mass is 390 g/mol. The Morgan fingerprint density at radius 3 is 2.62 bits per heavy atom. The van der Waals surface area contributed by atoms with Gasteiger partial charge in [-0.25, -0.2) is 9.18 Å². The molecule has 7 nitrogen and oxygen atoms in total. The van der Waals surface area contributed by atoms with Crippen molar-refractivity contribution in [1.82, 2.24) is 10.2 Å². The number of halogens is 1. The molecule has 29 heavy (non-hydrogen) atoms. The van der Waals surface area contributed by atoms with Crippen LogP contribution in [0, 0.1) is 5.82 Å². The van der Waals surface area contributed by atoms with E-state index in [1.807, 2.05) is 24.3 Å². The second-order valence-corrected chi connectivity index (χ2v) is 6.55. The smallest absolute Gasteiger partial charge is 0.323 e. The second kappa shape index (κ2) is 7.25. The van der Waals surface area contributed by atoms with Crippen molar-refractivity contribution < 1.29 is 9.18 Å². The number of anilines is 3. The van der Waals surface area contributed by atoms with E-state index in [0.717, 1.165) is 21.5 Å². The lowest BCUT2D eigenvalue weighted by Gasteiger charge is -2.22. The number of nitrogen functional groups attached to an aromatic ring is 1. The van der Waals surface area contributed by atoms with Gasteiger partial charge >= 0.3 is 6.03 Å². The maximum atomic E-state index is 15.1. The number of benzene rings is 3. The Kier molecular flexibility index (Phi) is 4.61. The number of nitrogens with two attached hydrogens (primary N) is 3. The fraction of sp³-hybridized carbons (Fsp3) is 0.0476. The third-order valence-corrected chi connectivity index (χ3v) is 4.74. The normalized spacial score (nSPS) is 11.0. The molecule has 0 fully saturated rings. The van der Waals surface area contributed by atoms with Gasteiger partial charge in [-0.3, -0.25) is 10.00 Å². The van der Waals surface area contributed by atoms with E-state index in [-0.39, 0.29) is 12.2 Å². The van der Waals surface area contributed by atoms with Crippen LogP contribution in [-0.2, 0) is 6.54 Å². The van der Waals surface area contributed by atoms with Crippen LogP contribution in [0.5, 0.6) is 0 Å². The number of amides is 2. The van der Waals surface area contributed by atoms with E-state index in [0.29, 0.717) is 22.5 Å². The summed E-state index contributed by atoms with van der Waals surface area (Å²) < 4.78 is 15.1. The van der Waals surface area contributed by atoms with Crippen molar-refractivity contribution in [3.63, 3.8) is 0 Å². The lowest BCUT2D eigenvalue weighted by molar-refractivity contribution is 0.256. The molecule has 0 saturated carbocycles. The van der Waals surface area contributed by atoms with E-state index in [1.165, 1.54) is 12.1 Å². The Morgan fingerprint density at radius 2 is 1.90 bits per heavy atom. The van der Waals surface area contributed by atoms with Gasteiger partial charge in [0.2, 0.25) is 0 Å². The standard InChI is InChI=1S/C21H19FN6O/c22-16-10-13(15-5-2-6-17-19(15)20(24)27-26-17)7-8-18(16)28(21(25)29)14-4-1-3-12(9-14)11-23/h1-10H,11,23H2,(H2,25,29)(H3,24,26,27). The first-order valence-corrected chi connectivity index (χ1v) is 8.90. The SMILES string of the molecule is NCc1cccc(N(C(N)=O)c2ccc(-c3cccc4[nH]nc(N)c34)cc2F)c1. The van der Waals surface area contributed by atoms with Crippen LogP contribution in [-0.4, -0.2) is 16.2 Å². The Bertz CT molecular complexity index is 1220. The molecule has 0 radical (unpaired) electrons. The molecule has 0 aliphatic heterocycles. The number of nitrogens with one attached hydrogen (secondary N) is 1. The number of nitrogens with zero attached hydrogens (tertiary/aromatic N) is 2. The lowest BCUT2D eigenvalue weighted by Crippen LogP contribution is -2.32. The highest BCUT2D eigenvalue weighted by Gasteiger charge is 2.20. The van der Waals surface area contributed by atoms with E-state index in [9.17, 15) is 4.79 Å². The molecular formula is C21H19FN6O. The second-order valence-electron chi connectivity index (χ2n) is 6.55. The molecule has 0 spiro atoms. The zero-order valence-corrected chi connectivity index (χ0v) is 15.4. The van der Waals surface area contributed by atoms with Crippen LogP contribution in [0.1, 0.15) is 5.56 Å². The molecule has 8 heteroatoms. The van der Waals surface area contributed by atoms with Crippen LogP contribution < -0.4 is 22.1 Å². The maximum Gasteiger partial charge on any atom is 0.323 e. The van der Waals surface area contributed by atoms with Gasteiger partial charge in [-0.05, 0) is 47.0 Å². The molecule has 0 bridgehead atoms. The third kappa shape index (κ3) is 3.26. The number of hydrogen-bond acceptors (Lipinski definition) is 4. The predicted molar refractivity (Wildman–Crippen MR) is 112 cm³/mol. The van der Waals surface area contributed by atoms with E-state index in [4.69, 9.17) is 17.2 Å². The Hall–Kier alpha value is -3.91. The summed E-state index contributed by atoms with van der Waals surface area (Å²) in [6, 6.07) is 16.2. The minimum absolute atomic E-state index is 0.0442. The van der Waals surface area contributed by atoms with Gasteiger partial charge in [0.1, 0.15) is 5.82 Å². The molecule has 0 unspecified atom stereocenters. The minimum atomic E-state index is -0.799. The van der Waals surface area contributed by atoms with Gasteiger partial charge < -0.3 is 17.2 Å². The van der Waals surface area contributed by atoms with Gasteiger partial charge in [-0.15, -0.1) is 0 Å². The molecule has 7 N–H and O–H groups in total. The zero-order valence-electron chi connectivity index (χ0n) is 15.4. The van der Waals surface area contributed by atoms with Gasteiger partial charge in [0.25, 0.3) is 0 Å². The molecule has 0 atom stereocenters. The third-order valence-electron chi connectivity index (χ3n) is 4.74. The highest BCUT2D eigenvalue weighted by molar-refractivity contribution is 6.02. The Balaban J connectivity index is 1.81. The molecule has 1 aromatic heterocycles. The maximum absolute atomic E-state index is 15.1. The molecule has 0 saturated heterocycles. The first kappa shape index (κ1) is 18.5. The van der Waals surface area contributed by atoms with Gasteiger partial charge in [0.15, 0.2) is 5.82 Å². The molecule has 146 valence electrons. The van der Waals surface area contributed by atoms with E-state index < -0.39 is 11.8 Å². The van der Waals surface area contributed by atoms with E-state index in [1.54, 1.807) is 24.3 Å². The molecule has 0 aliphatic carbocycles. The number of carbonyl (C=O) groups excluding carboxylic acids is 1. The number of rotatable bonds is 4. The average molecular weight is 390 g/mol. The van der Waals surface area contributed by atoms with Crippen molar-refractivity contribution in [3.8, 4) is 11.1 Å². The van der Waals surface area contributed by atoms with Crippen LogP contribution in [0.25, 0.3) is 22.0 Å². The number of fused-ring (bicyclic) bond motifs is 1. The Labute approximate surface area is 165 Å². The van der Waals surface area contributed by atoms with Crippen molar-refractivity contribution in [2.75, 3.05) is 10.6 Å². The fourth-order valence-electron chi connectivity index (χ4n) is 3.40. The number of carbonyl (C=O) groups is 1. The molecule has 1 heterocycles. The number of aromatic nitrogens is 2. The highest BCUT2D eigenvalue weighted by atomic mass is 19.1. The molecule has 4 aromatic rings. The molecule has 0 aliphatic rings. The number of aromatic amines is 1. The quantitative estimate of drug-likeness (QED) is 0.424. The summed E-state index contributed by atoms with van der Waals surface area (Å²) in [7, 11) is 0. The molecule has 3 aromatic carbocycles. The molecule has 2 amide bonds. The highest BCUT2D eigenvalue weighted by Crippen LogP contribution is 2.35. The number of urea groups is 1. The van der Waals surface area contributed by atoms with Crippen molar-refractivity contribution >= 4 is 34.1 Å². The minimum Gasteiger partial charge on any atom is -0.382 e. The van der Waals surface area contributed by atoms with Crippen molar-refractivity contribution in [2.45, 2.75) is 6.54 Å². The summed E-state index contributed by atoms with van der Waals surface area (Å²) in [6.45, 7) is 0.290. The molecule has 4 rings (SSSR count). The Morgan fingerprint density at radius 1 is 1.10 bits per heavy atom. The van der Waals surface area contributed by atoms with E-state index >= 15 is 4.39 Å². The summed E-state index contributed by atoms with van der Waals surface area (Å²) in [5.41, 5.74) is 20.5. The lowest BCUT2D eigenvalue weighted by atomic mass is 10.0.